The van der Waals surface area contributed by atoms with E-state index in [2.05, 4.69) is 20.9 Å². The molecular formula is C21H25N5O2. The van der Waals surface area contributed by atoms with Crippen LogP contribution in [0.25, 0.3) is 0 Å². The van der Waals surface area contributed by atoms with Crippen molar-refractivity contribution in [3.63, 3.8) is 0 Å². The molecule has 2 saturated heterocycles. The number of aliphatic hydroxyl groups is 1. The van der Waals surface area contributed by atoms with Gasteiger partial charge >= 0.3 is 0 Å². The highest BCUT2D eigenvalue weighted by molar-refractivity contribution is 5.94. The van der Waals surface area contributed by atoms with Crippen molar-refractivity contribution in [2.45, 2.75) is 31.9 Å². The molecule has 4 heterocycles. The first kappa shape index (κ1) is 18.7. The van der Waals surface area contributed by atoms with Gasteiger partial charge in [0.2, 0.25) is 0 Å². The van der Waals surface area contributed by atoms with Gasteiger partial charge in [-0.1, -0.05) is 0 Å². The first-order chi connectivity index (χ1) is 13.6. The van der Waals surface area contributed by atoms with Crippen molar-refractivity contribution in [1.82, 2.24) is 19.8 Å². The van der Waals surface area contributed by atoms with Crippen LogP contribution < -0.4 is 0 Å². The monoisotopic (exact) mass is 379 g/mol. The Morgan fingerprint density at radius 3 is 2.93 bits per heavy atom. The number of aromatic nitrogens is 2. The van der Waals surface area contributed by atoms with Crippen molar-refractivity contribution < 1.29 is 9.90 Å². The molecule has 1 spiro atoms. The van der Waals surface area contributed by atoms with E-state index in [0.29, 0.717) is 24.3 Å². The third kappa shape index (κ3) is 3.93. The minimum absolute atomic E-state index is 0.0258. The molecule has 0 saturated carbocycles. The average molecular weight is 379 g/mol. The SMILES string of the molecule is N#Cc1cc(CN2CCC3(CC2)CC(O)CN(C(=O)c2cccnc2)C3)c[nH]1. The number of piperidine rings is 2. The van der Waals surface area contributed by atoms with E-state index in [-0.39, 0.29) is 11.3 Å². The second-order valence-corrected chi connectivity index (χ2v) is 8.09. The molecule has 0 bridgehead atoms. The lowest BCUT2D eigenvalue weighted by molar-refractivity contribution is -0.0337. The van der Waals surface area contributed by atoms with Gasteiger partial charge in [0.1, 0.15) is 11.8 Å². The number of aromatic amines is 1. The van der Waals surface area contributed by atoms with E-state index in [0.717, 1.165) is 44.5 Å². The molecule has 2 aliphatic rings. The van der Waals surface area contributed by atoms with E-state index >= 15 is 0 Å². The maximum atomic E-state index is 12.8. The van der Waals surface area contributed by atoms with Gasteiger partial charge in [0, 0.05) is 38.2 Å². The number of carbonyl (C=O) groups excluding carboxylic acids is 1. The van der Waals surface area contributed by atoms with Crippen LogP contribution in [0, 0.1) is 16.7 Å². The van der Waals surface area contributed by atoms with Crippen LogP contribution in [0.5, 0.6) is 0 Å². The minimum Gasteiger partial charge on any atom is -0.391 e. The van der Waals surface area contributed by atoms with Gasteiger partial charge in [-0.05, 0) is 61.5 Å². The zero-order valence-corrected chi connectivity index (χ0v) is 15.8. The van der Waals surface area contributed by atoms with E-state index in [1.165, 1.54) is 0 Å². The topological polar surface area (TPSA) is 96.2 Å². The van der Waals surface area contributed by atoms with Crippen molar-refractivity contribution in [3.05, 3.63) is 53.6 Å². The first-order valence-electron chi connectivity index (χ1n) is 9.74. The summed E-state index contributed by atoms with van der Waals surface area (Å²) in [5, 5.41) is 19.4. The maximum absolute atomic E-state index is 12.8. The average Bonchev–Trinajstić information content (AvgIpc) is 3.17. The smallest absolute Gasteiger partial charge is 0.255 e. The molecule has 0 aliphatic carbocycles. The fraction of sp³-hybridized carbons (Fsp3) is 0.476. The molecule has 7 nitrogen and oxygen atoms in total. The van der Waals surface area contributed by atoms with E-state index in [1.54, 1.807) is 29.4 Å². The van der Waals surface area contributed by atoms with Crippen molar-refractivity contribution in [3.8, 4) is 6.07 Å². The summed E-state index contributed by atoms with van der Waals surface area (Å²) in [6, 6.07) is 7.55. The third-order valence-electron chi connectivity index (χ3n) is 6.01. The Bertz CT molecular complexity index is 864. The molecule has 4 rings (SSSR count). The van der Waals surface area contributed by atoms with Gasteiger partial charge < -0.3 is 15.0 Å². The molecule has 7 heteroatoms. The Kier molecular flexibility index (Phi) is 5.16. The molecule has 146 valence electrons. The number of pyridine rings is 1. The minimum atomic E-state index is -0.483. The molecule has 2 aliphatic heterocycles. The van der Waals surface area contributed by atoms with Crippen LogP contribution in [0.4, 0.5) is 0 Å². The standard InChI is InChI=1S/C21H25N5O2/c22-10-18-8-16(11-24-18)13-25-6-3-21(4-7-25)9-19(27)14-26(15-21)20(28)17-2-1-5-23-12-17/h1-2,5,8,11-12,19,24,27H,3-4,6-7,9,13-15H2. The lowest BCUT2D eigenvalue weighted by atomic mass is 9.71. The van der Waals surface area contributed by atoms with Crippen LogP contribution in [-0.4, -0.2) is 63.1 Å². The van der Waals surface area contributed by atoms with Crippen molar-refractivity contribution >= 4 is 5.91 Å². The van der Waals surface area contributed by atoms with Gasteiger partial charge in [-0.15, -0.1) is 0 Å². The van der Waals surface area contributed by atoms with Gasteiger partial charge in [-0.2, -0.15) is 5.26 Å². The molecular weight excluding hydrogens is 354 g/mol. The number of nitrogens with zero attached hydrogens (tertiary/aromatic N) is 4. The second kappa shape index (κ2) is 7.74. The zero-order valence-electron chi connectivity index (χ0n) is 15.8. The summed E-state index contributed by atoms with van der Waals surface area (Å²) in [5.74, 6) is -0.0509. The number of likely N-dealkylation sites (tertiary alicyclic amines) is 2. The summed E-state index contributed by atoms with van der Waals surface area (Å²) >= 11 is 0. The normalized spacial score (nSPS) is 22.1. The second-order valence-electron chi connectivity index (χ2n) is 8.09. The first-order valence-corrected chi connectivity index (χ1v) is 9.74. The Morgan fingerprint density at radius 2 is 2.25 bits per heavy atom. The number of amides is 1. The zero-order chi connectivity index (χ0) is 19.6. The molecule has 1 atom stereocenters. The van der Waals surface area contributed by atoms with Crippen LogP contribution in [-0.2, 0) is 6.54 Å². The predicted octanol–water partition coefficient (Wildman–Crippen LogP) is 1.77. The largest absolute Gasteiger partial charge is 0.391 e. The number of carbonyl (C=O) groups is 1. The molecule has 2 N–H and O–H groups in total. The maximum Gasteiger partial charge on any atom is 0.255 e. The summed E-state index contributed by atoms with van der Waals surface area (Å²) in [6.45, 7) is 3.74. The molecule has 2 aromatic heterocycles. The molecule has 2 fully saturated rings. The summed E-state index contributed by atoms with van der Waals surface area (Å²) < 4.78 is 0. The van der Waals surface area contributed by atoms with E-state index in [4.69, 9.17) is 5.26 Å². The number of nitrogens with one attached hydrogen (secondary N) is 1. The highest BCUT2D eigenvalue weighted by atomic mass is 16.3. The number of aliphatic hydroxyl groups excluding tert-OH is 1. The molecule has 0 radical (unpaired) electrons. The molecule has 28 heavy (non-hydrogen) atoms. The van der Waals surface area contributed by atoms with Crippen LogP contribution >= 0.6 is 0 Å². The number of H-pyrrole nitrogens is 1. The number of β-amino-alcohol motifs (C(OH)–C–C–N with tert-alkyl or cyclic N) is 1. The summed E-state index contributed by atoms with van der Waals surface area (Å²) in [4.78, 5) is 24.0. The summed E-state index contributed by atoms with van der Waals surface area (Å²) in [5.41, 5.74) is 2.25. The Morgan fingerprint density at radius 1 is 1.43 bits per heavy atom. The predicted molar refractivity (Wildman–Crippen MR) is 103 cm³/mol. The van der Waals surface area contributed by atoms with Crippen LogP contribution in [0.2, 0.25) is 0 Å². The van der Waals surface area contributed by atoms with E-state index in [1.807, 2.05) is 12.3 Å². The van der Waals surface area contributed by atoms with Crippen molar-refractivity contribution in [2.24, 2.45) is 5.41 Å². The van der Waals surface area contributed by atoms with Crippen molar-refractivity contribution in [2.75, 3.05) is 26.2 Å². The Labute approximate surface area is 164 Å². The number of rotatable bonds is 3. The lowest BCUT2D eigenvalue weighted by Gasteiger charge is -2.49. The fourth-order valence-electron chi connectivity index (χ4n) is 4.58. The highest BCUT2D eigenvalue weighted by Crippen LogP contribution is 2.40. The van der Waals surface area contributed by atoms with Crippen LogP contribution in [0.3, 0.4) is 0 Å². The van der Waals surface area contributed by atoms with Gasteiger partial charge in [0.15, 0.2) is 0 Å². The molecule has 1 unspecified atom stereocenters. The van der Waals surface area contributed by atoms with Gasteiger partial charge in [0.05, 0.1) is 11.7 Å². The number of nitriles is 1. The molecule has 1 amide bonds. The molecule has 2 aromatic rings. The van der Waals surface area contributed by atoms with Crippen molar-refractivity contribution in [1.29, 1.82) is 5.26 Å². The summed E-state index contributed by atoms with van der Waals surface area (Å²) in [7, 11) is 0. The highest BCUT2D eigenvalue weighted by Gasteiger charge is 2.42. The van der Waals surface area contributed by atoms with Gasteiger partial charge in [0.25, 0.3) is 5.91 Å². The van der Waals surface area contributed by atoms with E-state index < -0.39 is 6.10 Å². The van der Waals surface area contributed by atoms with E-state index in [9.17, 15) is 9.90 Å². The fourth-order valence-corrected chi connectivity index (χ4v) is 4.58. The van der Waals surface area contributed by atoms with Crippen LogP contribution in [0.1, 0.15) is 40.9 Å². The van der Waals surface area contributed by atoms with Crippen LogP contribution in [0.15, 0.2) is 36.8 Å². The Hall–Kier alpha value is -2.69. The molecule has 0 aromatic carbocycles. The lowest BCUT2D eigenvalue weighted by Crippen LogP contribution is -2.55. The number of hydrogen-bond acceptors (Lipinski definition) is 5. The third-order valence-corrected chi connectivity index (χ3v) is 6.01. The van der Waals surface area contributed by atoms with Gasteiger partial charge in [-0.3, -0.25) is 14.7 Å². The Balaban J connectivity index is 1.39. The number of hydrogen-bond donors (Lipinski definition) is 2. The quantitative estimate of drug-likeness (QED) is 0.847. The van der Waals surface area contributed by atoms with Gasteiger partial charge in [-0.25, -0.2) is 0 Å². The summed E-state index contributed by atoms with van der Waals surface area (Å²) in [6.07, 6.45) is 7.31.